The predicted molar refractivity (Wildman–Crippen MR) is 98.0 cm³/mol. The van der Waals surface area contributed by atoms with E-state index in [2.05, 4.69) is 51.8 Å². The van der Waals surface area contributed by atoms with E-state index in [-0.39, 0.29) is 0 Å². The quantitative estimate of drug-likeness (QED) is 0.631. The lowest BCUT2D eigenvalue weighted by molar-refractivity contribution is 0.339. The number of hydrogen-bond acceptors (Lipinski definition) is 2. The highest BCUT2D eigenvalue weighted by molar-refractivity contribution is 9.11. The molecule has 2 aromatic rings. The van der Waals surface area contributed by atoms with Crippen LogP contribution < -0.4 is 4.74 Å². The molecule has 0 unspecified atom stereocenters. The first-order valence-corrected chi connectivity index (χ1v) is 8.93. The SMILES string of the molecule is CCOc1cc(Br)c(Cc2ccc(O)c(C(C)C)c2)c(Br)c1. The maximum Gasteiger partial charge on any atom is 0.121 e. The Bertz CT molecular complexity index is 643. The standard InChI is InChI=1S/C18H20Br2O2/c1-4-22-13-9-16(19)15(17(20)10-13)8-12-5-6-18(21)14(7-12)11(2)3/h5-7,9-11,21H,4,8H2,1-3H3. The van der Waals surface area contributed by atoms with Gasteiger partial charge in [0, 0.05) is 8.95 Å². The molecule has 0 heterocycles. The first-order valence-electron chi connectivity index (χ1n) is 7.34. The van der Waals surface area contributed by atoms with Gasteiger partial charge in [-0.25, -0.2) is 0 Å². The topological polar surface area (TPSA) is 29.5 Å². The van der Waals surface area contributed by atoms with Crippen LogP contribution in [-0.4, -0.2) is 11.7 Å². The smallest absolute Gasteiger partial charge is 0.121 e. The Morgan fingerprint density at radius 1 is 1.09 bits per heavy atom. The van der Waals surface area contributed by atoms with Crippen molar-refractivity contribution >= 4 is 31.9 Å². The van der Waals surface area contributed by atoms with E-state index < -0.39 is 0 Å². The van der Waals surface area contributed by atoms with E-state index in [1.807, 2.05) is 25.1 Å². The van der Waals surface area contributed by atoms with Crippen LogP contribution in [0.5, 0.6) is 11.5 Å². The molecule has 0 amide bonds. The molecule has 0 spiro atoms. The maximum absolute atomic E-state index is 9.94. The zero-order chi connectivity index (χ0) is 16.3. The van der Waals surface area contributed by atoms with Crippen LogP contribution >= 0.6 is 31.9 Å². The minimum Gasteiger partial charge on any atom is -0.508 e. The maximum atomic E-state index is 9.94. The van der Waals surface area contributed by atoms with Gasteiger partial charge in [0.05, 0.1) is 6.61 Å². The van der Waals surface area contributed by atoms with Crippen LogP contribution in [0.25, 0.3) is 0 Å². The molecular weight excluding hydrogens is 408 g/mol. The van der Waals surface area contributed by atoms with Gasteiger partial charge in [0.1, 0.15) is 11.5 Å². The number of rotatable bonds is 5. The molecule has 0 bridgehead atoms. The molecular formula is C18H20Br2O2. The molecule has 0 aliphatic carbocycles. The second kappa shape index (κ2) is 7.51. The van der Waals surface area contributed by atoms with Gasteiger partial charge in [-0.3, -0.25) is 0 Å². The van der Waals surface area contributed by atoms with Gasteiger partial charge < -0.3 is 9.84 Å². The Kier molecular flexibility index (Phi) is 5.93. The molecule has 4 heteroatoms. The second-order valence-corrected chi connectivity index (χ2v) is 7.23. The van der Waals surface area contributed by atoms with Gasteiger partial charge in [0.25, 0.3) is 0 Å². The molecule has 118 valence electrons. The molecule has 2 aromatic carbocycles. The van der Waals surface area contributed by atoms with Gasteiger partial charge in [-0.15, -0.1) is 0 Å². The molecule has 0 fully saturated rings. The fourth-order valence-corrected chi connectivity index (χ4v) is 3.80. The van der Waals surface area contributed by atoms with Gasteiger partial charge in [0.2, 0.25) is 0 Å². The third-order valence-corrected chi connectivity index (χ3v) is 4.94. The van der Waals surface area contributed by atoms with Crippen LogP contribution in [0.4, 0.5) is 0 Å². The van der Waals surface area contributed by atoms with Crippen LogP contribution in [0, 0.1) is 0 Å². The summed E-state index contributed by atoms with van der Waals surface area (Å²) in [5.41, 5.74) is 3.33. The molecule has 0 atom stereocenters. The van der Waals surface area contributed by atoms with E-state index in [4.69, 9.17) is 4.74 Å². The van der Waals surface area contributed by atoms with E-state index in [1.165, 1.54) is 11.1 Å². The number of hydrogen-bond donors (Lipinski definition) is 1. The largest absolute Gasteiger partial charge is 0.508 e. The van der Waals surface area contributed by atoms with Gasteiger partial charge in [-0.1, -0.05) is 57.8 Å². The zero-order valence-corrected chi connectivity index (χ0v) is 16.2. The molecule has 2 nitrogen and oxygen atoms in total. The van der Waals surface area contributed by atoms with E-state index in [0.717, 1.165) is 26.7 Å². The fourth-order valence-electron chi connectivity index (χ4n) is 2.38. The average molecular weight is 428 g/mol. The van der Waals surface area contributed by atoms with E-state index in [9.17, 15) is 5.11 Å². The Labute approximate surface area is 148 Å². The van der Waals surface area contributed by atoms with E-state index in [1.54, 1.807) is 6.07 Å². The Morgan fingerprint density at radius 2 is 1.73 bits per heavy atom. The van der Waals surface area contributed by atoms with Crippen LogP contribution in [0.2, 0.25) is 0 Å². The summed E-state index contributed by atoms with van der Waals surface area (Å²) in [7, 11) is 0. The van der Waals surface area contributed by atoms with Gasteiger partial charge in [0.15, 0.2) is 0 Å². The van der Waals surface area contributed by atoms with Crippen molar-refractivity contribution in [1.82, 2.24) is 0 Å². The first kappa shape index (κ1) is 17.4. The summed E-state index contributed by atoms with van der Waals surface area (Å²) in [6, 6.07) is 9.81. The zero-order valence-electron chi connectivity index (χ0n) is 13.0. The molecule has 0 aliphatic rings. The lowest BCUT2D eigenvalue weighted by Crippen LogP contribution is -1.97. The Morgan fingerprint density at radius 3 is 2.27 bits per heavy atom. The number of phenols is 1. The first-order chi connectivity index (χ1) is 10.4. The van der Waals surface area contributed by atoms with Crippen LogP contribution in [-0.2, 0) is 6.42 Å². The van der Waals surface area contributed by atoms with Crippen LogP contribution in [0.3, 0.4) is 0 Å². The van der Waals surface area contributed by atoms with Crippen molar-refractivity contribution in [2.24, 2.45) is 0 Å². The summed E-state index contributed by atoms with van der Waals surface area (Å²) < 4.78 is 7.58. The summed E-state index contributed by atoms with van der Waals surface area (Å²) >= 11 is 7.26. The molecule has 0 radical (unpaired) electrons. The molecule has 0 saturated heterocycles. The number of aromatic hydroxyl groups is 1. The van der Waals surface area contributed by atoms with Crippen molar-refractivity contribution in [2.45, 2.75) is 33.1 Å². The van der Waals surface area contributed by atoms with Crippen molar-refractivity contribution in [3.05, 3.63) is 56.0 Å². The van der Waals surface area contributed by atoms with Gasteiger partial charge in [-0.2, -0.15) is 0 Å². The Balaban J connectivity index is 2.33. The number of ether oxygens (including phenoxy) is 1. The highest BCUT2D eigenvalue weighted by Gasteiger charge is 2.12. The van der Waals surface area contributed by atoms with E-state index in [0.29, 0.717) is 18.3 Å². The normalized spacial score (nSPS) is 11.0. The summed E-state index contributed by atoms with van der Waals surface area (Å²) in [6.45, 7) is 6.79. The monoisotopic (exact) mass is 426 g/mol. The minimum atomic E-state index is 0.298. The summed E-state index contributed by atoms with van der Waals surface area (Å²) in [5, 5.41) is 9.94. The summed E-state index contributed by atoms with van der Waals surface area (Å²) in [5.74, 6) is 1.51. The number of benzene rings is 2. The van der Waals surface area contributed by atoms with Crippen molar-refractivity contribution in [2.75, 3.05) is 6.61 Å². The third kappa shape index (κ3) is 4.05. The molecule has 22 heavy (non-hydrogen) atoms. The molecule has 2 rings (SSSR count). The molecule has 1 N–H and O–H groups in total. The van der Waals surface area contributed by atoms with Crippen LogP contribution in [0.15, 0.2) is 39.3 Å². The fraction of sp³-hybridized carbons (Fsp3) is 0.333. The second-order valence-electron chi connectivity index (χ2n) is 5.52. The molecule has 0 saturated carbocycles. The van der Waals surface area contributed by atoms with E-state index >= 15 is 0 Å². The molecule has 0 aromatic heterocycles. The predicted octanol–water partition coefficient (Wildman–Crippen LogP) is 6.03. The summed E-state index contributed by atoms with van der Waals surface area (Å²) in [6.07, 6.45) is 0.785. The molecule has 0 aliphatic heterocycles. The number of phenolic OH excluding ortho intramolecular Hbond substituents is 1. The van der Waals surface area contributed by atoms with Crippen LogP contribution in [0.1, 0.15) is 43.4 Å². The summed E-state index contributed by atoms with van der Waals surface area (Å²) in [4.78, 5) is 0. The minimum absolute atomic E-state index is 0.298. The lowest BCUT2D eigenvalue weighted by atomic mass is 9.96. The average Bonchev–Trinajstić information content (AvgIpc) is 2.44. The Hall–Kier alpha value is -1.00. The third-order valence-electron chi connectivity index (χ3n) is 3.52. The van der Waals surface area contributed by atoms with Crippen molar-refractivity contribution in [1.29, 1.82) is 0 Å². The highest BCUT2D eigenvalue weighted by atomic mass is 79.9. The highest BCUT2D eigenvalue weighted by Crippen LogP contribution is 2.34. The van der Waals surface area contributed by atoms with Gasteiger partial charge in [-0.05, 0) is 54.2 Å². The van der Waals surface area contributed by atoms with Crippen molar-refractivity contribution in [3.8, 4) is 11.5 Å². The van der Waals surface area contributed by atoms with Crippen molar-refractivity contribution in [3.63, 3.8) is 0 Å². The van der Waals surface area contributed by atoms with Crippen molar-refractivity contribution < 1.29 is 9.84 Å². The lowest BCUT2D eigenvalue weighted by Gasteiger charge is -2.14. The van der Waals surface area contributed by atoms with Gasteiger partial charge >= 0.3 is 0 Å². The number of halogens is 2.